The van der Waals surface area contributed by atoms with Crippen LogP contribution >= 0.6 is 0 Å². The van der Waals surface area contributed by atoms with Crippen LogP contribution in [0.5, 0.6) is 0 Å². The number of benzene rings is 1. The van der Waals surface area contributed by atoms with E-state index in [9.17, 15) is 4.79 Å². The van der Waals surface area contributed by atoms with Gasteiger partial charge in [-0.25, -0.2) is 4.79 Å². The number of rotatable bonds is 3. The Labute approximate surface area is 118 Å². The fourth-order valence-corrected chi connectivity index (χ4v) is 1.34. The first-order chi connectivity index (χ1) is 9.42. The first kappa shape index (κ1) is 15.6. The molecule has 0 bridgehead atoms. The number of carbonyl (C=O) groups excluding carboxylic acids is 1. The number of ether oxygens (including phenoxy) is 1. The van der Waals surface area contributed by atoms with Crippen molar-refractivity contribution in [3.63, 3.8) is 0 Å². The summed E-state index contributed by atoms with van der Waals surface area (Å²) in [5.74, 6) is 5.48. The zero-order valence-corrected chi connectivity index (χ0v) is 11.9. The van der Waals surface area contributed by atoms with Gasteiger partial charge in [0.25, 0.3) is 0 Å². The van der Waals surface area contributed by atoms with Crippen molar-refractivity contribution in [3.8, 4) is 11.8 Å². The number of nitrogens with zero attached hydrogens (tertiary/aromatic N) is 3. The van der Waals surface area contributed by atoms with Gasteiger partial charge in [0.15, 0.2) is 0 Å². The summed E-state index contributed by atoms with van der Waals surface area (Å²) in [7, 11) is 0. The quantitative estimate of drug-likeness (QED) is 0.210. The first-order valence-corrected chi connectivity index (χ1v) is 6.25. The van der Waals surface area contributed by atoms with Crippen molar-refractivity contribution in [1.29, 1.82) is 0 Å². The van der Waals surface area contributed by atoms with Gasteiger partial charge in [-0.1, -0.05) is 17.0 Å². The number of hydrogen-bond donors (Lipinski definition) is 0. The van der Waals surface area contributed by atoms with Crippen molar-refractivity contribution in [1.82, 2.24) is 0 Å². The van der Waals surface area contributed by atoms with E-state index in [1.807, 2.05) is 20.8 Å². The highest BCUT2D eigenvalue weighted by molar-refractivity contribution is 5.89. The highest BCUT2D eigenvalue weighted by Crippen LogP contribution is 2.12. The van der Waals surface area contributed by atoms with E-state index in [1.165, 1.54) is 0 Å². The molecule has 0 atom stereocenters. The lowest BCUT2D eigenvalue weighted by molar-refractivity contribution is 0.00695. The van der Waals surface area contributed by atoms with Crippen LogP contribution in [0.4, 0.5) is 0 Å². The van der Waals surface area contributed by atoms with E-state index < -0.39 is 5.60 Å². The van der Waals surface area contributed by atoms with Crippen molar-refractivity contribution < 1.29 is 9.53 Å². The molecule has 0 aromatic heterocycles. The van der Waals surface area contributed by atoms with Gasteiger partial charge in [0, 0.05) is 23.4 Å². The van der Waals surface area contributed by atoms with E-state index >= 15 is 0 Å². The molecule has 0 radical (unpaired) electrons. The SMILES string of the molecule is CC(C)(C)OC(=O)c1ccc(C#CCCN=[N+]=[N-])cc1. The summed E-state index contributed by atoms with van der Waals surface area (Å²) in [6.45, 7) is 5.84. The van der Waals surface area contributed by atoms with Crippen LogP contribution in [-0.4, -0.2) is 18.1 Å². The average molecular weight is 271 g/mol. The van der Waals surface area contributed by atoms with E-state index in [2.05, 4.69) is 21.9 Å². The molecule has 1 aromatic carbocycles. The van der Waals surface area contributed by atoms with Gasteiger partial charge in [0.05, 0.1) is 5.56 Å². The minimum absolute atomic E-state index is 0.347. The molecule has 0 fully saturated rings. The molecule has 0 N–H and O–H groups in total. The summed E-state index contributed by atoms with van der Waals surface area (Å²) < 4.78 is 5.27. The van der Waals surface area contributed by atoms with Crippen LogP contribution in [0.15, 0.2) is 29.4 Å². The third kappa shape index (κ3) is 5.94. The lowest BCUT2D eigenvalue weighted by Gasteiger charge is -2.19. The van der Waals surface area contributed by atoms with Gasteiger partial charge in [-0.3, -0.25) is 0 Å². The molecule has 5 nitrogen and oxygen atoms in total. The zero-order chi connectivity index (χ0) is 15.0. The van der Waals surface area contributed by atoms with E-state index in [0.29, 0.717) is 18.5 Å². The van der Waals surface area contributed by atoms with Crippen molar-refractivity contribution >= 4 is 5.97 Å². The second kappa shape index (κ2) is 7.22. The fraction of sp³-hybridized carbons (Fsp3) is 0.400. The van der Waals surface area contributed by atoms with E-state index in [0.717, 1.165) is 5.56 Å². The maximum atomic E-state index is 11.8. The molecule has 0 aliphatic carbocycles. The second-order valence-electron chi connectivity index (χ2n) is 5.09. The van der Waals surface area contributed by atoms with Gasteiger partial charge in [-0.05, 0) is 50.6 Å². The Morgan fingerprint density at radius 2 is 2.00 bits per heavy atom. The Kier molecular flexibility index (Phi) is 5.64. The third-order valence-corrected chi connectivity index (χ3v) is 2.15. The molecule has 5 heteroatoms. The van der Waals surface area contributed by atoms with Gasteiger partial charge < -0.3 is 4.74 Å². The Morgan fingerprint density at radius 3 is 2.55 bits per heavy atom. The molecule has 0 unspecified atom stereocenters. The number of esters is 1. The van der Waals surface area contributed by atoms with Gasteiger partial charge in [-0.2, -0.15) is 0 Å². The van der Waals surface area contributed by atoms with Gasteiger partial charge in [-0.15, -0.1) is 0 Å². The molecule has 0 saturated heterocycles. The molecule has 0 spiro atoms. The van der Waals surface area contributed by atoms with Crippen LogP contribution in [0.1, 0.15) is 43.1 Å². The average Bonchev–Trinajstić information content (AvgIpc) is 2.37. The molecule has 0 aliphatic rings. The normalized spacial score (nSPS) is 9.95. The molecule has 0 heterocycles. The van der Waals surface area contributed by atoms with Crippen molar-refractivity contribution in [2.24, 2.45) is 5.11 Å². The summed E-state index contributed by atoms with van der Waals surface area (Å²) in [5, 5.41) is 3.39. The number of carbonyl (C=O) groups is 1. The van der Waals surface area contributed by atoms with Crippen LogP contribution in [0.25, 0.3) is 10.4 Å². The lowest BCUT2D eigenvalue weighted by atomic mass is 10.1. The Bertz CT molecular complexity index is 568. The number of azide groups is 1. The van der Waals surface area contributed by atoms with Gasteiger partial charge >= 0.3 is 5.97 Å². The minimum atomic E-state index is -0.503. The van der Waals surface area contributed by atoms with Crippen LogP contribution in [0, 0.1) is 11.8 Å². The molecule has 1 aromatic rings. The Morgan fingerprint density at radius 1 is 1.35 bits per heavy atom. The standard InChI is InChI=1S/C15H17N3O2/c1-15(2,3)20-14(19)13-9-7-12(8-10-13)6-4-5-11-17-18-16/h7-10H,5,11H2,1-3H3. The largest absolute Gasteiger partial charge is 0.456 e. The summed E-state index contributed by atoms with van der Waals surface area (Å²) in [4.78, 5) is 14.4. The Hall–Kier alpha value is -2.44. The van der Waals surface area contributed by atoms with Crippen LogP contribution in [0.2, 0.25) is 0 Å². The van der Waals surface area contributed by atoms with Crippen molar-refractivity contribution in [3.05, 3.63) is 45.8 Å². The molecule has 0 amide bonds. The smallest absolute Gasteiger partial charge is 0.338 e. The summed E-state index contributed by atoms with van der Waals surface area (Å²) >= 11 is 0. The van der Waals surface area contributed by atoms with E-state index in [1.54, 1.807) is 24.3 Å². The summed E-state index contributed by atoms with van der Waals surface area (Å²) in [6.07, 6.45) is 0.512. The summed E-state index contributed by atoms with van der Waals surface area (Å²) in [5.41, 5.74) is 8.91. The van der Waals surface area contributed by atoms with Crippen molar-refractivity contribution in [2.75, 3.05) is 6.54 Å². The third-order valence-electron chi connectivity index (χ3n) is 2.15. The van der Waals surface area contributed by atoms with Gasteiger partial charge in [0.2, 0.25) is 0 Å². The highest BCUT2D eigenvalue weighted by atomic mass is 16.6. The van der Waals surface area contributed by atoms with Crippen LogP contribution < -0.4 is 0 Å². The zero-order valence-electron chi connectivity index (χ0n) is 11.9. The minimum Gasteiger partial charge on any atom is -0.456 e. The predicted octanol–water partition coefficient (Wildman–Crippen LogP) is 3.69. The maximum absolute atomic E-state index is 11.8. The van der Waals surface area contributed by atoms with E-state index in [4.69, 9.17) is 10.3 Å². The van der Waals surface area contributed by atoms with E-state index in [-0.39, 0.29) is 5.97 Å². The molecule has 1 rings (SSSR count). The molecule has 0 saturated carbocycles. The summed E-state index contributed by atoms with van der Waals surface area (Å²) in [6, 6.07) is 6.90. The lowest BCUT2D eigenvalue weighted by Crippen LogP contribution is -2.23. The maximum Gasteiger partial charge on any atom is 0.338 e. The monoisotopic (exact) mass is 271 g/mol. The molecular formula is C15H17N3O2. The second-order valence-corrected chi connectivity index (χ2v) is 5.09. The van der Waals surface area contributed by atoms with Crippen LogP contribution in [-0.2, 0) is 4.74 Å². The highest BCUT2D eigenvalue weighted by Gasteiger charge is 2.17. The molecular weight excluding hydrogens is 254 g/mol. The fourth-order valence-electron chi connectivity index (χ4n) is 1.34. The predicted molar refractivity (Wildman–Crippen MR) is 77.1 cm³/mol. The first-order valence-electron chi connectivity index (χ1n) is 6.25. The molecule has 0 aliphatic heterocycles. The number of hydrogen-bond acceptors (Lipinski definition) is 3. The molecule has 104 valence electrons. The Balaban J connectivity index is 2.64. The topological polar surface area (TPSA) is 75.1 Å². The van der Waals surface area contributed by atoms with Gasteiger partial charge in [0.1, 0.15) is 5.60 Å². The van der Waals surface area contributed by atoms with Crippen molar-refractivity contribution in [2.45, 2.75) is 32.8 Å². The van der Waals surface area contributed by atoms with Crippen LogP contribution in [0.3, 0.4) is 0 Å². The molecule has 20 heavy (non-hydrogen) atoms.